The first-order valence-corrected chi connectivity index (χ1v) is 9.81. The summed E-state index contributed by atoms with van der Waals surface area (Å²) in [7, 11) is 3.11. The predicted octanol–water partition coefficient (Wildman–Crippen LogP) is 2.52. The minimum atomic E-state index is -4.41. The van der Waals surface area contributed by atoms with Crippen molar-refractivity contribution in [2.24, 2.45) is 4.99 Å². The SMILES string of the molecule is CN=C(NCc1ccc(OCC(F)(F)F)c(OC)c1)N1CCN(Cc2ccon2)CC1. The smallest absolute Gasteiger partial charge is 0.422 e. The zero-order chi connectivity index (χ0) is 22.3. The van der Waals surface area contributed by atoms with Gasteiger partial charge < -0.3 is 24.2 Å². The van der Waals surface area contributed by atoms with Crippen LogP contribution < -0.4 is 14.8 Å². The molecule has 1 aliphatic rings. The van der Waals surface area contributed by atoms with Crippen LogP contribution in [0.3, 0.4) is 0 Å². The predicted molar refractivity (Wildman–Crippen MR) is 108 cm³/mol. The summed E-state index contributed by atoms with van der Waals surface area (Å²) in [6.45, 7) is 3.19. The highest BCUT2D eigenvalue weighted by Crippen LogP contribution is 2.29. The molecule has 1 aromatic carbocycles. The molecular formula is C20H26F3N5O3. The van der Waals surface area contributed by atoms with Gasteiger partial charge in [0.2, 0.25) is 0 Å². The molecule has 3 rings (SSSR count). The molecular weight excluding hydrogens is 415 g/mol. The van der Waals surface area contributed by atoms with Crippen molar-refractivity contribution in [3.8, 4) is 11.5 Å². The second-order valence-corrected chi connectivity index (χ2v) is 7.04. The van der Waals surface area contributed by atoms with Gasteiger partial charge in [0.05, 0.1) is 12.8 Å². The molecule has 0 saturated carbocycles. The quantitative estimate of drug-likeness (QED) is 0.523. The largest absolute Gasteiger partial charge is 0.493 e. The van der Waals surface area contributed by atoms with Gasteiger partial charge in [-0.1, -0.05) is 11.2 Å². The fourth-order valence-corrected chi connectivity index (χ4v) is 3.28. The van der Waals surface area contributed by atoms with Gasteiger partial charge in [-0.3, -0.25) is 9.89 Å². The van der Waals surface area contributed by atoms with E-state index in [1.807, 2.05) is 6.07 Å². The number of halogens is 3. The number of nitrogens with zero attached hydrogens (tertiary/aromatic N) is 4. The lowest BCUT2D eigenvalue weighted by atomic mass is 10.2. The van der Waals surface area contributed by atoms with Crippen LogP contribution in [0.25, 0.3) is 0 Å². The minimum Gasteiger partial charge on any atom is -0.493 e. The van der Waals surface area contributed by atoms with E-state index in [-0.39, 0.29) is 11.5 Å². The second kappa shape index (κ2) is 10.4. The van der Waals surface area contributed by atoms with E-state index in [0.717, 1.165) is 49.9 Å². The first kappa shape index (κ1) is 22.7. The summed E-state index contributed by atoms with van der Waals surface area (Å²) in [4.78, 5) is 8.81. The molecule has 1 N–H and O–H groups in total. The van der Waals surface area contributed by atoms with E-state index in [2.05, 4.69) is 25.3 Å². The number of aliphatic imine (C=N–C) groups is 1. The van der Waals surface area contributed by atoms with Crippen molar-refractivity contribution in [2.75, 3.05) is 46.9 Å². The van der Waals surface area contributed by atoms with Gasteiger partial charge in [-0.05, 0) is 17.7 Å². The highest BCUT2D eigenvalue weighted by Gasteiger charge is 2.29. The number of guanidine groups is 1. The molecule has 2 heterocycles. The Morgan fingerprint density at radius 1 is 1.19 bits per heavy atom. The molecule has 1 aliphatic heterocycles. The fraction of sp³-hybridized carbons (Fsp3) is 0.500. The number of hydrogen-bond acceptors (Lipinski definition) is 6. The molecule has 0 unspecified atom stereocenters. The lowest BCUT2D eigenvalue weighted by molar-refractivity contribution is -0.153. The molecule has 0 spiro atoms. The van der Waals surface area contributed by atoms with Gasteiger partial charge in [0, 0.05) is 52.4 Å². The lowest BCUT2D eigenvalue weighted by Crippen LogP contribution is -2.52. The number of hydrogen-bond donors (Lipinski definition) is 1. The van der Waals surface area contributed by atoms with Crippen LogP contribution in [-0.2, 0) is 13.1 Å². The molecule has 0 radical (unpaired) electrons. The second-order valence-electron chi connectivity index (χ2n) is 7.04. The maximum atomic E-state index is 12.4. The van der Waals surface area contributed by atoms with Crippen molar-refractivity contribution in [2.45, 2.75) is 19.3 Å². The van der Waals surface area contributed by atoms with E-state index in [1.54, 1.807) is 25.4 Å². The van der Waals surface area contributed by atoms with E-state index in [4.69, 9.17) is 14.0 Å². The van der Waals surface area contributed by atoms with Gasteiger partial charge in [-0.2, -0.15) is 13.2 Å². The van der Waals surface area contributed by atoms with Crippen LogP contribution in [0.2, 0.25) is 0 Å². The highest BCUT2D eigenvalue weighted by atomic mass is 19.4. The monoisotopic (exact) mass is 441 g/mol. The molecule has 11 heteroatoms. The Kier molecular flexibility index (Phi) is 7.61. The average molecular weight is 441 g/mol. The molecule has 0 aliphatic carbocycles. The van der Waals surface area contributed by atoms with Crippen molar-refractivity contribution in [1.82, 2.24) is 20.3 Å². The Morgan fingerprint density at radius 3 is 2.58 bits per heavy atom. The fourth-order valence-electron chi connectivity index (χ4n) is 3.28. The maximum Gasteiger partial charge on any atom is 0.422 e. The molecule has 0 atom stereocenters. The lowest BCUT2D eigenvalue weighted by Gasteiger charge is -2.36. The van der Waals surface area contributed by atoms with Crippen LogP contribution >= 0.6 is 0 Å². The zero-order valence-corrected chi connectivity index (χ0v) is 17.5. The zero-order valence-electron chi connectivity index (χ0n) is 17.5. The number of aromatic nitrogens is 1. The number of piperazine rings is 1. The first-order valence-electron chi connectivity index (χ1n) is 9.81. The first-order chi connectivity index (χ1) is 14.9. The Balaban J connectivity index is 1.51. The summed E-state index contributed by atoms with van der Waals surface area (Å²) in [5, 5.41) is 7.24. The molecule has 170 valence electrons. The Bertz CT molecular complexity index is 850. The van der Waals surface area contributed by atoms with Crippen molar-refractivity contribution in [3.63, 3.8) is 0 Å². The molecule has 2 aromatic rings. The van der Waals surface area contributed by atoms with E-state index in [0.29, 0.717) is 6.54 Å². The normalized spacial score (nSPS) is 15.8. The highest BCUT2D eigenvalue weighted by molar-refractivity contribution is 5.80. The van der Waals surface area contributed by atoms with E-state index in [9.17, 15) is 13.2 Å². The third-order valence-electron chi connectivity index (χ3n) is 4.83. The van der Waals surface area contributed by atoms with E-state index in [1.165, 1.54) is 13.2 Å². The maximum absolute atomic E-state index is 12.4. The number of rotatable bonds is 7. The standard InChI is InChI=1S/C20H26F3N5O3/c1-24-19(28-8-6-27(7-9-28)13-16-5-10-31-26-16)25-12-15-3-4-17(18(11-15)29-2)30-14-20(21,22)23/h3-5,10-11H,6-9,12-14H2,1-2H3,(H,24,25). The summed E-state index contributed by atoms with van der Waals surface area (Å²) in [5.74, 6) is 1.06. The van der Waals surface area contributed by atoms with Gasteiger partial charge in [0.15, 0.2) is 24.1 Å². The summed E-state index contributed by atoms with van der Waals surface area (Å²) in [5.41, 5.74) is 1.74. The number of alkyl halides is 3. The molecule has 0 bridgehead atoms. The molecule has 8 nitrogen and oxygen atoms in total. The van der Waals surface area contributed by atoms with Crippen LogP contribution in [0.15, 0.2) is 40.0 Å². The Labute approximate surface area is 178 Å². The van der Waals surface area contributed by atoms with Crippen LogP contribution in [-0.4, -0.2) is 74.0 Å². The topological polar surface area (TPSA) is 75.4 Å². The number of nitrogens with one attached hydrogen (secondary N) is 1. The van der Waals surface area contributed by atoms with Gasteiger partial charge >= 0.3 is 6.18 Å². The average Bonchev–Trinajstić information content (AvgIpc) is 3.26. The molecule has 1 fully saturated rings. The van der Waals surface area contributed by atoms with Crippen LogP contribution in [0.1, 0.15) is 11.3 Å². The number of methoxy groups -OCH3 is 1. The summed E-state index contributed by atoms with van der Waals surface area (Å²) in [6.07, 6.45) is -2.84. The van der Waals surface area contributed by atoms with Gasteiger partial charge in [0.25, 0.3) is 0 Å². The van der Waals surface area contributed by atoms with Crippen molar-refractivity contribution < 1.29 is 27.2 Å². The summed E-state index contributed by atoms with van der Waals surface area (Å²) in [6, 6.07) is 6.69. The number of ether oxygens (including phenoxy) is 2. The van der Waals surface area contributed by atoms with Crippen LogP contribution in [0, 0.1) is 0 Å². The molecule has 1 aromatic heterocycles. The molecule has 31 heavy (non-hydrogen) atoms. The summed E-state index contributed by atoms with van der Waals surface area (Å²) >= 11 is 0. The number of benzene rings is 1. The van der Waals surface area contributed by atoms with Gasteiger partial charge in [-0.25, -0.2) is 0 Å². The summed E-state index contributed by atoms with van der Waals surface area (Å²) < 4.78 is 52.1. The Morgan fingerprint density at radius 2 is 1.97 bits per heavy atom. The molecule has 1 saturated heterocycles. The van der Waals surface area contributed by atoms with Crippen molar-refractivity contribution in [1.29, 1.82) is 0 Å². The minimum absolute atomic E-state index is 0.0520. The third kappa shape index (κ3) is 6.78. The van der Waals surface area contributed by atoms with Crippen molar-refractivity contribution >= 4 is 5.96 Å². The van der Waals surface area contributed by atoms with Crippen molar-refractivity contribution in [3.05, 3.63) is 41.8 Å². The van der Waals surface area contributed by atoms with E-state index >= 15 is 0 Å². The molecule has 0 amide bonds. The van der Waals surface area contributed by atoms with Gasteiger partial charge in [0.1, 0.15) is 6.26 Å². The van der Waals surface area contributed by atoms with E-state index < -0.39 is 12.8 Å². The van der Waals surface area contributed by atoms with Crippen LogP contribution in [0.5, 0.6) is 11.5 Å². The third-order valence-corrected chi connectivity index (χ3v) is 4.83. The van der Waals surface area contributed by atoms with Crippen LogP contribution in [0.4, 0.5) is 13.2 Å². The Hall–Kier alpha value is -2.95. The van der Waals surface area contributed by atoms with Gasteiger partial charge in [-0.15, -0.1) is 0 Å².